The van der Waals surface area contributed by atoms with Gasteiger partial charge in [0.25, 0.3) is 0 Å². The second-order valence-electron chi connectivity index (χ2n) is 7.06. The van der Waals surface area contributed by atoms with E-state index in [2.05, 4.69) is 38.7 Å². The van der Waals surface area contributed by atoms with E-state index in [4.69, 9.17) is 0 Å². The summed E-state index contributed by atoms with van der Waals surface area (Å²) in [5.41, 5.74) is 0.849. The van der Waals surface area contributed by atoms with Crippen LogP contribution >= 0.6 is 28.3 Å². The highest BCUT2D eigenvalue weighted by Gasteiger charge is 2.41. The van der Waals surface area contributed by atoms with Crippen LogP contribution in [0.4, 0.5) is 0 Å². The van der Waals surface area contributed by atoms with E-state index in [0.717, 1.165) is 62.1 Å². The number of halogens is 2. The number of amides is 1. The molecule has 3 rings (SSSR count). The van der Waals surface area contributed by atoms with Crippen LogP contribution in [0.5, 0.6) is 0 Å². The van der Waals surface area contributed by atoms with Crippen molar-refractivity contribution in [3.63, 3.8) is 0 Å². The minimum absolute atomic E-state index is 0. The molecule has 1 amide bonds. The SMILES string of the molecule is Cl.O=C(NCCC1CCNC1)C1(c2cccc(Br)c2)CCCCC1. The summed E-state index contributed by atoms with van der Waals surface area (Å²) in [6, 6.07) is 8.33. The summed E-state index contributed by atoms with van der Waals surface area (Å²) < 4.78 is 1.06. The normalized spacial score (nSPS) is 22.6. The number of rotatable bonds is 5. The van der Waals surface area contributed by atoms with Gasteiger partial charge in [0, 0.05) is 11.0 Å². The average molecular weight is 416 g/mol. The minimum Gasteiger partial charge on any atom is -0.355 e. The first-order chi connectivity index (χ1) is 11.2. The molecule has 3 nitrogen and oxygen atoms in total. The number of carbonyl (C=O) groups excluding carboxylic acids is 1. The first-order valence-electron chi connectivity index (χ1n) is 8.96. The zero-order valence-corrected chi connectivity index (χ0v) is 16.6. The van der Waals surface area contributed by atoms with Gasteiger partial charge in [-0.3, -0.25) is 4.79 Å². The van der Waals surface area contributed by atoms with Gasteiger partial charge >= 0.3 is 0 Å². The minimum atomic E-state index is -0.323. The van der Waals surface area contributed by atoms with Crippen molar-refractivity contribution in [3.05, 3.63) is 34.3 Å². The summed E-state index contributed by atoms with van der Waals surface area (Å²) >= 11 is 3.56. The van der Waals surface area contributed by atoms with Crippen molar-refractivity contribution in [1.82, 2.24) is 10.6 Å². The standard InChI is InChI=1S/C19H27BrN2O.ClH/c20-17-6-4-5-16(13-17)19(9-2-1-3-10-19)18(23)22-12-8-15-7-11-21-14-15;/h4-6,13,15,21H,1-3,7-12,14H2,(H,22,23);1H. The van der Waals surface area contributed by atoms with Gasteiger partial charge in [0.05, 0.1) is 5.41 Å². The highest BCUT2D eigenvalue weighted by molar-refractivity contribution is 9.10. The van der Waals surface area contributed by atoms with Gasteiger partial charge in [0.2, 0.25) is 5.91 Å². The van der Waals surface area contributed by atoms with Crippen LogP contribution in [-0.2, 0) is 10.2 Å². The Bertz CT molecular complexity index is 540. The lowest BCUT2D eigenvalue weighted by atomic mass is 9.68. The molecule has 1 aliphatic heterocycles. The third-order valence-electron chi connectivity index (χ3n) is 5.52. The van der Waals surface area contributed by atoms with E-state index >= 15 is 0 Å². The lowest BCUT2D eigenvalue weighted by molar-refractivity contribution is -0.128. The smallest absolute Gasteiger partial charge is 0.230 e. The van der Waals surface area contributed by atoms with Crippen LogP contribution < -0.4 is 10.6 Å². The van der Waals surface area contributed by atoms with Gasteiger partial charge in [-0.15, -0.1) is 12.4 Å². The van der Waals surface area contributed by atoms with Gasteiger partial charge in [0.15, 0.2) is 0 Å². The molecular formula is C19H28BrClN2O. The third kappa shape index (κ3) is 4.53. The van der Waals surface area contributed by atoms with E-state index in [-0.39, 0.29) is 23.7 Å². The third-order valence-corrected chi connectivity index (χ3v) is 6.01. The van der Waals surface area contributed by atoms with Gasteiger partial charge in [-0.1, -0.05) is 47.3 Å². The highest BCUT2D eigenvalue weighted by Crippen LogP contribution is 2.40. The molecule has 2 N–H and O–H groups in total. The summed E-state index contributed by atoms with van der Waals surface area (Å²) in [6.45, 7) is 3.04. The van der Waals surface area contributed by atoms with Crippen LogP contribution in [0.15, 0.2) is 28.7 Å². The van der Waals surface area contributed by atoms with Crippen molar-refractivity contribution in [2.75, 3.05) is 19.6 Å². The summed E-state index contributed by atoms with van der Waals surface area (Å²) in [7, 11) is 0. The molecule has 1 heterocycles. The molecule has 0 radical (unpaired) electrons. The summed E-state index contributed by atoms with van der Waals surface area (Å²) in [6.07, 6.45) is 7.82. The molecule has 0 aromatic heterocycles. The number of carbonyl (C=O) groups is 1. The maximum absolute atomic E-state index is 13.1. The molecule has 0 spiro atoms. The van der Waals surface area contributed by atoms with Gasteiger partial charge < -0.3 is 10.6 Å². The average Bonchev–Trinajstić information content (AvgIpc) is 3.09. The van der Waals surface area contributed by atoms with Crippen molar-refractivity contribution in [1.29, 1.82) is 0 Å². The topological polar surface area (TPSA) is 41.1 Å². The van der Waals surface area contributed by atoms with Crippen LogP contribution in [0.3, 0.4) is 0 Å². The fourth-order valence-electron chi connectivity index (χ4n) is 4.11. The molecule has 1 saturated heterocycles. The Labute approximate surface area is 159 Å². The Morgan fingerprint density at radius 3 is 2.75 bits per heavy atom. The number of hydrogen-bond acceptors (Lipinski definition) is 2. The summed E-state index contributed by atoms with van der Waals surface area (Å²) in [5.74, 6) is 0.963. The van der Waals surface area contributed by atoms with E-state index in [0.29, 0.717) is 0 Å². The maximum atomic E-state index is 13.1. The summed E-state index contributed by atoms with van der Waals surface area (Å²) in [4.78, 5) is 13.1. The molecule has 2 fully saturated rings. The van der Waals surface area contributed by atoms with Crippen LogP contribution in [0.25, 0.3) is 0 Å². The molecule has 1 saturated carbocycles. The van der Waals surface area contributed by atoms with Crippen molar-refractivity contribution < 1.29 is 4.79 Å². The van der Waals surface area contributed by atoms with Crippen LogP contribution in [-0.4, -0.2) is 25.5 Å². The first kappa shape index (κ1) is 19.7. The zero-order chi connectivity index (χ0) is 16.1. The monoisotopic (exact) mass is 414 g/mol. The molecule has 24 heavy (non-hydrogen) atoms. The largest absolute Gasteiger partial charge is 0.355 e. The van der Waals surface area contributed by atoms with Gasteiger partial charge in [-0.05, 0) is 62.4 Å². The Morgan fingerprint density at radius 1 is 1.29 bits per heavy atom. The number of benzene rings is 1. The molecule has 5 heteroatoms. The van der Waals surface area contributed by atoms with E-state index in [1.165, 1.54) is 18.4 Å². The fourth-order valence-corrected chi connectivity index (χ4v) is 4.51. The molecule has 1 aromatic rings. The Morgan fingerprint density at radius 2 is 2.08 bits per heavy atom. The van der Waals surface area contributed by atoms with E-state index in [9.17, 15) is 4.79 Å². The molecule has 1 aliphatic carbocycles. The lowest BCUT2D eigenvalue weighted by Crippen LogP contribution is -2.46. The van der Waals surface area contributed by atoms with Gasteiger partial charge in [-0.25, -0.2) is 0 Å². The van der Waals surface area contributed by atoms with Crippen molar-refractivity contribution in [2.24, 2.45) is 5.92 Å². The second-order valence-corrected chi connectivity index (χ2v) is 7.97. The van der Waals surface area contributed by atoms with E-state index < -0.39 is 0 Å². The van der Waals surface area contributed by atoms with Crippen LogP contribution in [0, 0.1) is 5.92 Å². The Hall–Kier alpha value is -0.580. The molecule has 2 aliphatic rings. The van der Waals surface area contributed by atoms with E-state index in [1.54, 1.807) is 0 Å². The van der Waals surface area contributed by atoms with Crippen molar-refractivity contribution in [2.45, 2.75) is 50.4 Å². The number of nitrogens with one attached hydrogen (secondary N) is 2. The molecule has 1 atom stereocenters. The zero-order valence-electron chi connectivity index (χ0n) is 14.2. The molecule has 1 aromatic carbocycles. The molecule has 134 valence electrons. The highest BCUT2D eigenvalue weighted by atomic mass is 79.9. The molecular weight excluding hydrogens is 388 g/mol. The van der Waals surface area contributed by atoms with Crippen molar-refractivity contribution in [3.8, 4) is 0 Å². The lowest BCUT2D eigenvalue weighted by Gasteiger charge is -2.36. The van der Waals surface area contributed by atoms with Gasteiger partial charge in [-0.2, -0.15) is 0 Å². The maximum Gasteiger partial charge on any atom is 0.230 e. The fraction of sp³-hybridized carbons (Fsp3) is 0.632. The Balaban J connectivity index is 0.00000208. The predicted molar refractivity (Wildman–Crippen MR) is 105 cm³/mol. The molecule has 0 bridgehead atoms. The van der Waals surface area contributed by atoms with Gasteiger partial charge in [0.1, 0.15) is 0 Å². The van der Waals surface area contributed by atoms with Crippen LogP contribution in [0.1, 0.15) is 50.5 Å². The second kappa shape index (κ2) is 9.21. The predicted octanol–water partition coefficient (Wildman–Crippen LogP) is 4.19. The van der Waals surface area contributed by atoms with Crippen LogP contribution in [0.2, 0.25) is 0 Å². The van der Waals surface area contributed by atoms with E-state index in [1.807, 2.05) is 12.1 Å². The van der Waals surface area contributed by atoms with Crippen molar-refractivity contribution >= 4 is 34.2 Å². The molecule has 1 unspecified atom stereocenters. The first-order valence-corrected chi connectivity index (χ1v) is 9.75. The summed E-state index contributed by atoms with van der Waals surface area (Å²) in [5, 5.41) is 6.65. The Kier molecular flexibility index (Phi) is 7.58. The number of hydrogen-bond donors (Lipinski definition) is 2. The quantitative estimate of drug-likeness (QED) is 0.757.